The summed E-state index contributed by atoms with van der Waals surface area (Å²) in [5, 5.41) is 0. The lowest BCUT2D eigenvalue weighted by Crippen LogP contribution is -2.54. The lowest BCUT2D eigenvalue weighted by atomic mass is 9.87. The molecule has 4 aromatic carbocycles. The minimum atomic E-state index is 0.0167. The maximum Gasteiger partial charge on any atom is 0.253 e. The second kappa shape index (κ2) is 18.3. The first-order valence-corrected chi connectivity index (χ1v) is 18.5. The van der Waals surface area contributed by atoms with Crippen LogP contribution in [0.15, 0.2) is 121 Å². The first-order chi connectivity index (χ1) is 25.2. The first kappa shape index (κ1) is 38.0. The van der Waals surface area contributed by atoms with Crippen LogP contribution in [0.1, 0.15) is 92.8 Å². The monoisotopic (exact) mass is 700 g/mol. The van der Waals surface area contributed by atoms with Gasteiger partial charge in [-0.3, -0.25) is 19.2 Å². The third-order valence-corrected chi connectivity index (χ3v) is 10.8. The largest absolute Gasteiger partial charge is 0.339 e. The second-order valence-corrected chi connectivity index (χ2v) is 14.0. The summed E-state index contributed by atoms with van der Waals surface area (Å²) in [6, 6.07) is 37.9. The summed E-state index contributed by atoms with van der Waals surface area (Å²) in [4.78, 5) is 58.5. The van der Waals surface area contributed by atoms with Crippen molar-refractivity contribution in [3.8, 4) is 0 Å². The van der Waals surface area contributed by atoms with Crippen LogP contribution in [0.25, 0.3) is 0 Å². The molecular formula is C44H52N4O4. The molecule has 2 fully saturated rings. The van der Waals surface area contributed by atoms with Crippen LogP contribution in [-0.4, -0.2) is 95.6 Å². The van der Waals surface area contributed by atoms with Gasteiger partial charge < -0.3 is 19.6 Å². The van der Waals surface area contributed by atoms with Gasteiger partial charge in [-0.05, 0) is 87.1 Å². The summed E-state index contributed by atoms with van der Waals surface area (Å²) in [5.74, 6) is 0.132. The number of nitrogens with zero attached hydrogens (tertiary/aromatic N) is 4. The van der Waals surface area contributed by atoms with Crippen molar-refractivity contribution in [2.45, 2.75) is 75.5 Å². The summed E-state index contributed by atoms with van der Waals surface area (Å²) in [5.41, 5.74) is 2.81. The van der Waals surface area contributed by atoms with Crippen LogP contribution < -0.4 is 0 Å². The third kappa shape index (κ3) is 9.35. The fourth-order valence-corrected chi connectivity index (χ4v) is 7.61. The molecule has 0 heterocycles. The standard InChI is InChI=1S/2C22H26N2O2/c1-23(21(25)17-11-5-3-6-12-17)19-15-9-10-16-20(19)24(2)22(26)18-13-7-4-8-14-18;1-23(21(25)17-10-5-3-6-11-17)19-14-9-15-20(16-19)24(2)22(26)18-12-7-4-8-13-18/h3-8,11-14,19-20H,9-10,15-16H2,1-2H3;3-8,10-13,19-20H,9,14-16H2,1-2H3. The zero-order valence-corrected chi connectivity index (χ0v) is 30.9. The lowest BCUT2D eigenvalue weighted by Gasteiger charge is -2.42. The first-order valence-electron chi connectivity index (χ1n) is 18.5. The van der Waals surface area contributed by atoms with Crippen molar-refractivity contribution in [2.24, 2.45) is 0 Å². The Kier molecular flexibility index (Phi) is 13.4. The van der Waals surface area contributed by atoms with Crippen molar-refractivity contribution >= 4 is 23.6 Å². The average Bonchev–Trinajstić information content (AvgIpc) is 3.23. The minimum Gasteiger partial charge on any atom is -0.339 e. The van der Waals surface area contributed by atoms with E-state index in [1.165, 1.54) is 0 Å². The predicted molar refractivity (Wildman–Crippen MR) is 206 cm³/mol. The zero-order valence-electron chi connectivity index (χ0n) is 30.9. The van der Waals surface area contributed by atoms with Gasteiger partial charge in [-0.2, -0.15) is 0 Å². The molecule has 0 spiro atoms. The molecule has 2 aliphatic rings. The zero-order chi connectivity index (χ0) is 37.0. The molecule has 0 bridgehead atoms. The van der Waals surface area contributed by atoms with Gasteiger partial charge in [-0.25, -0.2) is 0 Å². The van der Waals surface area contributed by atoms with Gasteiger partial charge in [0.25, 0.3) is 23.6 Å². The molecule has 4 atom stereocenters. The Morgan fingerprint density at radius 1 is 0.385 bits per heavy atom. The highest BCUT2D eigenvalue weighted by atomic mass is 16.2. The number of carbonyl (C=O) groups is 4. The number of amides is 4. The van der Waals surface area contributed by atoms with E-state index in [-0.39, 0.29) is 47.8 Å². The average molecular weight is 701 g/mol. The number of benzene rings is 4. The number of likely N-dealkylation sites (N-methyl/N-ethyl adjacent to an activating group) is 2. The molecule has 2 saturated carbocycles. The Balaban J connectivity index is 0.000000201. The van der Waals surface area contributed by atoms with Crippen LogP contribution in [0.3, 0.4) is 0 Å². The van der Waals surface area contributed by atoms with Crippen LogP contribution in [0.5, 0.6) is 0 Å². The summed E-state index contributed by atoms with van der Waals surface area (Å²) < 4.78 is 0. The Morgan fingerprint density at radius 2 is 0.654 bits per heavy atom. The van der Waals surface area contributed by atoms with Crippen molar-refractivity contribution < 1.29 is 19.2 Å². The molecule has 4 aromatic rings. The van der Waals surface area contributed by atoms with E-state index in [1.807, 2.05) is 169 Å². The molecule has 8 nitrogen and oxygen atoms in total. The van der Waals surface area contributed by atoms with E-state index in [4.69, 9.17) is 0 Å². The summed E-state index contributed by atoms with van der Waals surface area (Å²) in [6.45, 7) is 0. The van der Waals surface area contributed by atoms with Crippen LogP contribution in [-0.2, 0) is 0 Å². The summed E-state index contributed by atoms with van der Waals surface area (Å²) in [7, 11) is 7.47. The molecule has 0 aromatic heterocycles. The van der Waals surface area contributed by atoms with Gasteiger partial charge in [-0.1, -0.05) is 85.6 Å². The fourth-order valence-electron chi connectivity index (χ4n) is 7.61. The van der Waals surface area contributed by atoms with Crippen molar-refractivity contribution in [1.82, 2.24) is 19.6 Å². The van der Waals surface area contributed by atoms with Gasteiger partial charge in [0.2, 0.25) is 0 Å². The molecule has 2 aliphatic carbocycles. The quantitative estimate of drug-likeness (QED) is 0.189. The van der Waals surface area contributed by atoms with Gasteiger partial charge in [-0.15, -0.1) is 0 Å². The summed E-state index contributed by atoms with van der Waals surface area (Å²) >= 11 is 0. The minimum absolute atomic E-state index is 0.0167. The fraction of sp³-hybridized carbons (Fsp3) is 0.364. The van der Waals surface area contributed by atoms with Crippen molar-refractivity contribution in [1.29, 1.82) is 0 Å². The van der Waals surface area contributed by atoms with Crippen LogP contribution in [0.4, 0.5) is 0 Å². The van der Waals surface area contributed by atoms with Crippen LogP contribution in [0.2, 0.25) is 0 Å². The van der Waals surface area contributed by atoms with E-state index >= 15 is 0 Å². The van der Waals surface area contributed by atoms with Gasteiger partial charge in [0.15, 0.2) is 0 Å². The Labute approximate surface area is 309 Å². The van der Waals surface area contributed by atoms with Gasteiger partial charge in [0, 0.05) is 62.5 Å². The maximum absolute atomic E-state index is 12.9. The maximum atomic E-state index is 12.9. The van der Waals surface area contributed by atoms with E-state index in [1.54, 1.807) is 0 Å². The van der Waals surface area contributed by atoms with Crippen molar-refractivity contribution in [2.75, 3.05) is 28.2 Å². The molecule has 0 saturated heterocycles. The topological polar surface area (TPSA) is 81.2 Å². The highest BCUT2D eigenvalue weighted by molar-refractivity contribution is 5.96. The smallest absolute Gasteiger partial charge is 0.253 e. The molecule has 6 rings (SSSR count). The molecule has 52 heavy (non-hydrogen) atoms. The van der Waals surface area contributed by atoms with Crippen LogP contribution in [0, 0.1) is 0 Å². The molecule has 0 radical (unpaired) electrons. The molecule has 4 unspecified atom stereocenters. The number of hydrogen-bond donors (Lipinski definition) is 0. The highest BCUT2D eigenvalue weighted by Crippen LogP contribution is 2.29. The normalized spacial score (nSPS) is 19.6. The van der Waals surface area contributed by atoms with E-state index in [0.717, 1.165) is 51.4 Å². The van der Waals surface area contributed by atoms with Crippen molar-refractivity contribution in [3.05, 3.63) is 144 Å². The Hall–Kier alpha value is -5.24. The van der Waals surface area contributed by atoms with E-state index in [9.17, 15) is 19.2 Å². The van der Waals surface area contributed by atoms with Gasteiger partial charge >= 0.3 is 0 Å². The Bertz CT molecular complexity index is 1620. The van der Waals surface area contributed by atoms with Gasteiger partial charge in [0.1, 0.15) is 0 Å². The highest BCUT2D eigenvalue weighted by Gasteiger charge is 2.36. The molecular weight excluding hydrogens is 649 g/mol. The SMILES string of the molecule is CN(C(=O)c1ccccc1)C1CCCC(N(C)C(=O)c2ccccc2)C1.CN(C(=O)c1ccccc1)C1CCCCC1N(C)C(=O)c1ccccc1. The molecule has 0 aliphatic heterocycles. The van der Waals surface area contributed by atoms with Gasteiger partial charge in [0.05, 0.1) is 12.1 Å². The Morgan fingerprint density at radius 3 is 0.942 bits per heavy atom. The van der Waals surface area contributed by atoms with Crippen molar-refractivity contribution in [3.63, 3.8) is 0 Å². The number of carbonyl (C=O) groups excluding carboxylic acids is 4. The number of rotatable bonds is 8. The van der Waals surface area contributed by atoms with E-state index in [0.29, 0.717) is 22.3 Å². The molecule has 8 heteroatoms. The second-order valence-electron chi connectivity index (χ2n) is 14.0. The molecule has 272 valence electrons. The van der Waals surface area contributed by atoms with E-state index in [2.05, 4.69) is 0 Å². The van der Waals surface area contributed by atoms with E-state index < -0.39 is 0 Å². The predicted octanol–water partition coefficient (Wildman–Crippen LogP) is 7.68. The lowest BCUT2D eigenvalue weighted by molar-refractivity contribution is 0.0421. The van der Waals surface area contributed by atoms with Crippen LogP contribution >= 0.6 is 0 Å². The molecule has 4 amide bonds. The number of hydrogen-bond acceptors (Lipinski definition) is 4. The summed E-state index contributed by atoms with van der Waals surface area (Å²) in [6.07, 6.45) is 7.83. The molecule has 0 N–H and O–H groups in total. The third-order valence-electron chi connectivity index (χ3n) is 10.8.